The lowest BCUT2D eigenvalue weighted by atomic mass is 10.0. The van der Waals surface area contributed by atoms with Gasteiger partial charge in [0.05, 0.1) is 40.0 Å². The van der Waals surface area contributed by atoms with Gasteiger partial charge in [-0.15, -0.1) is 0 Å². The molecule has 3 saturated heterocycles. The fraction of sp³-hybridized carbons (Fsp3) is 0.444. The lowest BCUT2D eigenvalue weighted by molar-refractivity contribution is 0.160. The second kappa shape index (κ2) is 6.24. The molecule has 3 aliphatic heterocycles. The van der Waals surface area contributed by atoms with Crippen molar-refractivity contribution in [2.45, 2.75) is 29.1 Å². The van der Waals surface area contributed by atoms with Gasteiger partial charge in [-0.1, -0.05) is 30.3 Å². The first-order valence-corrected chi connectivity index (χ1v) is 14.3. The first-order chi connectivity index (χ1) is 13.6. The molecule has 3 fully saturated rings. The van der Waals surface area contributed by atoms with E-state index in [0.717, 1.165) is 10.8 Å². The Bertz CT molecular complexity index is 1270. The van der Waals surface area contributed by atoms with Crippen molar-refractivity contribution in [3.63, 3.8) is 0 Å². The zero-order valence-electron chi connectivity index (χ0n) is 15.3. The average Bonchev–Trinajstić information content (AvgIpc) is 3.10. The van der Waals surface area contributed by atoms with Gasteiger partial charge in [-0.2, -0.15) is 4.31 Å². The molecule has 3 heterocycles. The fourth-order valence-electron chi connectivity index (χ4n) is 4.81. The Kier molecular flexibility index (Phi) is 4.18. The van der Waals surface area contributed by atoms with E-state index in [4.69, 9.17) is 0 Å². The van der Waals surface area contributed by atoms with Crippen molar-refractivity contribution in [1.29, 1.82) is 0 Å². The van der Waals surface area contributed by atoms with Crippen LogP contribution in [-0.2, 0) is 29.7 Å². The van der Waals surface area contributed by atoms with Crippen molar-refractivity contribution in [3.8, 4) is 0 Å². The molecule has 4 atom stereocenters. The van der Waals surface area contributed by atoms with Gasteiger partial charge in [0, 0.05) is 12.1 Å². The van der Waals surface area contributed by atoms with Crippen LogP contribution in [0.3, 0.4) is 0 Å². The second-order valence-corrected chi connectivity index (χ2v) is 14.2. The van der Waals surface area contributed by atoms with E-state index in [1.165, 1.54) is 10.4 Å². The number of sulfone groups is 2. The number of nitrogens with one attached hydrogen (secondary N) is 1. The minimum atomic E-state index is -4.10. The van der Waals surface area contributed by atoms with Gasteiger partial charge in [0.15, 0.2) is 19.7 Å². The van der Waals surface area contributed by atoms with Crippen molar-refractivity contribution in [2.24, 2.45) is 0 Å². The van der Waals surface area contributed by atoms with Crippen LogP contribution in [0, 0.1) is 0 Å². The molecule has 0 radical (unpaired) electrons. The quantitative estimate of drug-likeness (QED) is 0.663. The standard InChI is InChI=1S/C18H20N2O6S3/c21-27(22)8-15-17(10-27)20(18-11-28(23,24)9-16(18)19-15)29(25,26)14-6-5-12-3-1-2-4-13(12)7-14/h1-7,15-19H,8-11H2/t15-,16+,17+,18-. The Morgan fingerprint density at radius 2 is 1.34 bits per heavy atom. The van der Waals surface area contributed by atoms with Crippen LogP contribution in [0.25, 0.3) is 10.8 Å². The van der Waals surface area contributed by atoms with E-state index in [-0.39, 0.29) is 27.9 Å². The molecule has 0 amide bonds. The molecule has 0 saturated carbocycles. The molecule has 156 valence electrons. The Labute approximate surface area is 169 Å². The molecular weight excluding hydrogens is 436 g/mol. The van der Waals surface area contributed by atoms with Gasteiger partial charge in [-0.3, -0.25) is 0 Å². The van der Waals surface area contributed by atoms with Gasteiger partial charge in [0.1, 0.15) is 0 Å². The molecule has 8 nitrogen and oxygen atoms in total. The maximum absolute atomic E-state index is 13.6. The van der Waals surface area contributed by atoms with Crippen LogP contribution in [-0.4, -0.2) is 76.7 Å². The molecule has 0 unspecified atom stereocenters. The third kappa shape index (κ3) is 3.19. The van der Waals surface area contributed by atoms with Gasteiger partial charge in [0.2, 0.25) is 10.0 Å². The van der Waals surface area contributed by atoms with E-state index in [0.29, 0.717) is 0 Å². The van der Waals surface area contributed by atoms with E-state index in [2.05, 4.69) is 5.32 Å². The summed E-state index contributed by atoms with van der Waals surface area (Å²) in [5, 5.41) is 4.74. The first kappa shape index (κ1) is 19.4. The number of hydrogen-bond acceptors (Lipinski definition) is 7. The smallest absolute Gasteiger partial charge is 0.243 e. The third-order valence-electron chi connectivity index (χ3n) is 6.02. The summed E-state index contributed by atoms with van der Waals surface area (Å²) < 4.78 is 77.5. The maximum atomic E-state index is 13.6. The first-order valence-electron chi connectivity index (χ1n) is 9.25. The van der Waals surface area contributed by atoms with Crippen LogP contribution in [0.1, 0.15) is 0 Å². The number of nitrogens with zero attached hydrogens (tertiary/aromatic N) is 1. The van der Waals surface area contributed by atoms with Gasteiger partial charge < -0.3 is 5.32 Å². The normalized spacial score (nSPS) is 33.4. The molecule has 0 aromatic heterocycles. The highest BCUT2D eigenvalue weighted by molar-refractivity contribution is 7.92. The zero-order valence-corrected chi connectivity index (χ0v) is 17.8. The molecule has 1 N–H and O–H groups in total. The molecule has 2 aromatic rings. The predicted molar refractivity (Wildman–Crippen MR) is 109 cm³/mol. The van der Waals surface area contributed by atoms with Crippen LogP contribution < -0.4 is 5.32 Å². The molecule has 3 aliphatic rings. The van der Waals surface area contributed by atoms with E-state index in [1.54, 1.807) is 18.2 Å². The summed E-state index contributed by atoms with van der Waals surface area (Å²) in [5.74, 6) is -0.989. The molecule has 0 spiro atoms. The number of rotatable bonds is 2. The highest BCUT2D eigenvalue weighted by Crippen LogP contribution is 2.36. The van der Waals surface area contributed by atoms with Crippen molar-refractivity contribution in [3.05, 3.63) is 42.5 Å². The number of fused-ring (bicyclic) bond motifs is 3. The third-order valence-corrected chi connectivity index (χ3v) is 11.4. The van der Waals surface area contributed by atoms with E-state index in [1.807, 2.05) is 18.2 Å². The van der Waals surface area contributed by atoms with Crippen LogP contribution in [0.2, 0.25) is 0 Å². The fourth-order valence-corrected chi connectivity index (χ4v) is 10.7. The minimum Gasteiger partial charge on any atom is -0.306 e. The Balaban J connectivity index is 1.64. The largest absolute Gasteiger partial charge is 0.306 e. The summed E-state index contributed by atoms with van der Waals surface area (Å²) >= 11 is 0. The number of sulfonamides is 1. The SMILES string of the molecule is O=S1(=O)C[C@@H]2N[C@@H]3CS(=O)(=O)C[C@@H]3N(S(=O)(=O)c3ccc4ccccc4c3)[C@@H]2C1. The summed E-state index contributed by atoms with van der Waals surface area (Å²) in [6.45, 7) is 0. The van der Waals surface area contributed by atoms with Crippen LogP contribution in [0.4, 0.5) is 0 Å². The lowest BCUT2D eigenvalue weighted by Gasteiger charge is -2.43. The Morgan fingerprint density at radius 3 is 1.93 bits per heavy atom. The molecule has 0 aliphatic carbocycles. The predicted octanol–water partition coefficient (Wildman–Crippen LogP) is -0.235. The van der Waals surface area contributed by atoms with Crippen molar-refractivity contribution < 1.29 is 25.3 Å². The van der Waals surface area contributed by atoms with Crippen LogP contribution in [0.5, 0.6) is 0 Å². The monoisotopic (exact) mass is 456 g/mol. The Morgan fingerprint density at radius 1 is 0.793 bits per heavy atom. The molecule has 0 bridgehead atoms. The zero-order chi connectivity index (χ0) is 20.6. The summed E-state index contributed by atoms with van der Waals surface area (Å²) in [6.07, 6.45) is 0. The van der Waals surface area contributed by atoms with E-state index in [9.17, 15) is 25.3 Å². The average molecular weight is 457 g/mol. The highest BCUT2D eigenvalue weighted by atomic mass is 32.2. The van der Waals surface area contributed by atoms with Gasteiger partial charge >= 0.3 is 0 Å². The Hall–Kier alpha value is -1.53. The van der Waals surface area contributed by atoms with Crippen molar-refractivity contribution >= 4 is 40.5 Å². The highest BCUT2D eigenvalue weighted by Gasteiger charge is 2.57. The molecular formula is C18H20N2O6S3. The van der Waals surface area contributed by atoms with Crippen molar-refractivity contribution in [2.75, 3.05) is 23.0 Å². The number of hydrogen-bond donors (Lipinski definition) is 1. The molecule has 5 rings (SSSR count). The van der Waals surface area contributed by atoms with Crippen LogP contribution >= 0.6 is 0 Å². The van der Waals surface area contributed by atoms with E-state index < -0.39 is 53.9 Å². The van der Waals surface area contributed by atoms with Crippen LogP contribution in [0.15, 0.2) is 47.4 Å². The summed E-state index contributed by atoms with van der Waals surface area (Å²) in [5.41, 5.74) is 0. The minimum absolute atomic E-state index is 0.0456. The summed E-state index contributed by atoms with van der Waals surface area (Å²) in [6, 6.07) is 9.26. The summed E-state index contributed by atoms with van der Waals surface area (Å²) in [4.78, 5) is 0.0456. The van der Waals surface area contributed by atoms with E-state index >= 15 is 0 Å². The lowest BCUT2D eigenvalue weighted by Crippen LogP contribution is -2.67. The number of benzene rings is 2. The topological polar surface area (TPSA) is 118 Å². The van der Waals surface area contributed by atoms with Gasteiger partial charge in [0.25, 0.3) is 0 Å². The molecule has 2 aromatic carbocycles. The maximum Gasteiger partial charge on any atom is 0.243 e. The van der Waals surface area contributed by atoms with Gasteiger partial charge in [-0.25, -0.2) is 25.3 Å². The second-order valence-electron chi connectivity index (χ2n) is 8.01. The summed E-state index contributed by atoms with van der Waals surface area (Å²) in [7, 11) is -10.9. The molecule has 29 heavy (non-hydrogen) atoms. The molecule has 11 heteroatoms. The number of piperazine rings is 1. The van der Waals surface area contributed by atoms with Gasteiger partial charge in [-0.05, 0) is 22.9 Å². The van der Waals surface area contributed by atoms with Crippen molar-refractivity contribution in [1.82, 2.24) is 9.62 Å².